The fourth-order valence-electron chi connectivity index (χ4n) is 4.09. The van der Waals surface area contributed by atoms with E-state index >= 15 is 0 Å². The summed E-state index contributed by atoms with van der Waals surface area (Å²) in [5.41, 5.74) is -0.505. The molecule has 1 heterocycles. The number of hydrogen-bond donors (Lipinski definition) is 0. The lowest BCUT2D eigenvalue weighted by atomic mass is 10.0. The summed E-state index contributed by atoms with van der Waals surface area (Å²) in [6.45, 7) is 0. The van der Waals surface area contributed by atoms with Crippen LogP contribution in [0.15, 0.2) is 24.3 Å². The van der Waals surface area contributed by atoms with E-state index in [1.54, 1.807) is 11.0 Å². The zero-order chi connectivity index (χ0) is 18.7. The molecule has 1 aromatic rings. The van der Waals surface area contributed by atoms with Crippen molar-refractivity contribution in [2.24, 2.45) is 5.92 Å². The third-order valence-electron chi connectivity index (χ3n) is 5.57. The van der Waals surface area contributed by atoms with E-state index in [0.29, 0.717) is 12.8 Å². The van der Waals surface area contributed by atoms with Gasteiger partial charge in [-0.3, -0.25) is 4.79 Å². The highest BCUT2D eigenvalue weighted by Gasteiger charge is 2.52. The van der Waals surface area contributed by atoms with Gasteiger partial charge in [-0.15, -0.1) is 0 Å². The Morgan fingerprint density at radius 2 is 1.77 bits per heavy atom. The monoisotopic (exact) mass is 387 g/mol. The van der Waals surface area contributed by atoms with Gasteiger partial charge in [0.2, 0.25) is 5.91 Å². The van der Waals surface area contributed by atoms with Gasteiger partial charge in [0.25, 0.3) is 0 Å². The number of benzene rings is 1. The van der Waals surface area contributed by atoms with Crippen LogP contribution in [0, 0.1) is 5.92 Å². The summed E-state index contributed by atoms with van der Waals surface area (Å²) >= 11 is 0. The summed E-state index contributed by atoms with van der Waals surface area (Å²) in [7, 11) is -3.12. The van der Waals surface area contributed by atoms with Gasteiger partial charge in [0, 0.05) is 18.0 Å². The Bertz CT molecular complexity index is 832. The van der Waals surface area contributed by atoms with Gasteiger partial charge in [-0.1, -0.05) is 18.2 Å². The number of carbonyl (C=O) groups is 1. The van der Waals surface area contributed by atoms with E-state index < -0.39 is 33.4 Å². The summed E-state index contributed by atoms with van der Waals surface area (Å²) in [5.74, 6) is -1.01. The zero-order valence-corrected chi connectivity index (χ0v) is 14.9. The molecular formula is C18H20F3NO3S. The first kappa shape index (κ1) is 17.8. The molecular weight excluding hydrogens is 367 g/mol. The predicted octanol–water partition coefficient (Wildman–Crippen LogP) is 2.99. The molecule has 0 unspecified atom stereocenters. The van der Waals surface area contributed by atoms with Crippen LogP contribution in [0.5, 0.6) is 0 Å². The fourth-order valence-corrected chi connectivity index (χ4v) is 5.80. The molecule has 4 nitrogen and oxygen atoms in total. The second kappa shape index (κ2) is 5.97. The van der Waals surface area contributed by atoms with Crippen molar-refractivity contribution in [3.8, 4) is 0 Å². The molecule has 0 radical (unpaired) electrons. The van der Waals surface area contributed by atoms with Crippen LogP contribution in [-0.4, -0.2) is 42.8 Å². The van der Waals surface area contributed by atoms with Crippen molar-refractivity contribution in [2.45, 2.75) is 49.9 Å². The summed E-state index contributed by atoms with van der Waals surface area (Å²) in [6, 6.07) is 5.15. The number of nitrogens with zero attached hydrogens (tertiary/aromatic N) is 1. The van der Waals surface area contributed by atoms with Crippen LogP contribution in [0.1, 0.15) is 42.7 Å². The van der Waals surface area contributed by atoms with Crippen LogP contribution >= 0.6 is 0 Å². The van der Waals surface area contributed by atoms with Gasteiger partial charge < -0.3 is 4.90 Å². The van der Waals surface area contributed by atoms with E-state index in [1.807, 2.05) is 0 Å². The van der Waals surface area contributed by atoms with Crippen LogP contribution in [0.2, 0.25) is 0 Å². The van der Waals surface area contributed by atoms with Crippen molar-refractivity contribution in [3.05, 3.63) is 35.4 Å². The van der Waals surface area contributed by atoms with E-state index in [4.69, 9.17) is 0 Å². The minimum Gasteiger partial charge on any atom is -0.335 e. The van der Waals surface area contributed by atoms with Crippen molar-refractivity contribution in [1.29, 1.82) is 0 Å². The molecule has 2 saturated carbocycles. The Labute approximate surface area is 150 Å². The summed E-state index contributed by atoms with van der Waals surface area (Å²) in [4.78, 5) is 14.7. The van der Waals surface area contributed by atoms with Gasteiger partial charge in [0.15, 0.2) is 9.84 Å². The van der Waals surface area contributed by atoms with Crippen LogP contribution < -0.4 is 0 Å². The molecule has 1 aliphatic heterocycles. The Balaban J connectivity index is 1.54. The molecule has 3 aliphatic rings. The average Bonchev–Trinajstić information content (AvgIpc) is 3.46. The van der Waals surface area contributed by atoms with Crippen LogP contribution in [0.3, 0.4) is 0 Å². The first-order valence-electron chi connectivity index (χ1n) is 8.86. The van der Waals surface area contributed by atoms with Gasteiger partial charge >= 0.3 is 6.18 Å². The van der Waals surface area contributed by atoms with Gasteiger partial charge in [0.1, 0.15) is 0 Å². The van der Waals surface area contributed by atoms with Crippen molar-refractivity contribution >= 4 is 15.7 Å². The number of sulfone groups is 1. The SMILES string of the molecule is O=C([C@@H]1C[C@@H]1c1ccccc1C(F)(F)F)N(C1CC1)[C@H]1CCS(=O)(=O)C1. The molecule has 2 aliphatic carbocycles. The highest BCUT2D eigenvalue weighted by Crippen LogP contribution is 2.53. The Hall–Kier alpha value is -1.57. The molecule has 4 rings (SSSR count). The number of alkyl halides is 3. The number of hydrogen-bond acceptors (Lipinski definition) is 3. The standard InChI is InChI=1S/C18H20F3NO3S/c19-18(20,21)16-4-2-1-3-13(16)14-9-15(14)17(23)22(11-5-6-11)12-7-8-26(24,25)10-12/h1-4,11-12,14-15H,5-10H2/t12-,14+,15+/m0/s1. The molecule has 3 fully saturated rings. The van der Waals surface area contributed by atoms with Crippen molar-refractivity contribution in [3.63, 3.8) is 0 Å². The first-order valence-corrected chi connectivity index (χ1v) is 10.7. The minimum atomic E-state index is -4.44. The van der Waals surface area contributed by atoms with E-state index in [9.17, 15) is 26.4 Å². The first-order chi connectivity index (χ1) is 12.2. The molecule has 1 saturated heterocycles. The molecule has 0 bridgehead atoms. The van der Waals surface area contributed by atoms with Crippen molar-refractivity contribution in [2.75, 3.05) is 11.5 Å². The van der Waals surface area contributed by atoms with Crippen LogP contribution in [0.25, 0.3) is 0 Å². The minimum absolute atomic E-state index is 0.0221. The maximum Gasteiger partial charge on any atom is 0.416 e. The summed E-state index contributed by atoms with van der Waals surface area (Å²) in [5, 5.41) is 0. The number of carbonyl (C=O) groups excluding carboxylic acids is 1. The third-order valence-corrected chi connectivity index (χ3v) is 7.32. The zero-order valence-electron chi connectivity index (χ0n) is 14.1. The van der Waals surface area contributed by atoms with Gasteiger partial charge in [0.05, 0.1) is 17.1 Å². The smallest absolute Gasteiger partial charge is 0.335 e. The molecule has 8 heteroatoms. The highest BCUT2D eigenvalue weighted by molar-refractivity contribution is 7.91. The molecule has 3 atom stereocenters. The lowest BCUT2D eigenvalue weighted by molar-refractivity contribution is -0.139. The number of halogens is 3. The van der Waals surface area contributed by atoms with E-state index in [-0.39, 0.29) is 35.1 Å². The quantitative estimate of drug-likeness (QED) is 0.798. The Morgan fingerprint density at radius 1 is 1.08 bits per heavy atom. The number of rotatable bonds is 4. The largest absolute Gasteiger partial charge is 0.416 e. The van der Waals surface area contributed by atoms with Crippen molar-refractivity contribution < 1.29 is 26.4 Å². The molecule has 142 valence electrons. The summed E-state index contributed by atoms with van der Waals surface area (Å²) in [6.07, 6.45) is -1.92. The third kappa shape index (κ3) is 3.35. The van der Waals surface area contributed by atoms with Crippen LogP contribution in [0.4, 0.5) is 13.2 Å². The maximum absolute atomic E-state index is 13.2. The molecule has 1 amide bonds. The van der Waals surface area contributed by atoms with E-state index in [0.717, 1.165) is 18.9 Å². The summed E-state index contributed by atoms with van der Waals surface area (Å²) < 4.78 is 63.2. The predicted molar refractivity (Wildman–Crippen MR) is 89.2 cm³/mol. The average molecular weight is 387 g/mol. The van der Waals surface area contributed by atoms with Crippen molar-refractivity contribution in [1.82, 2.24) is 4.90 Å². The second-order valence-corrected chi connectivity index (χ2v) is 9.80. The highest BCUT2D eigenvalue weighted by atomic mass is 32.2. The molecule has 0 N–H and O–H groups in total. The lowest BCUT2D eigenvalue weighted by Gasteiger charge is -2.28. The van der Waals surface area contributed by atoms with Crippen LogP contribution in [-0.2, 0) is 20.8 Å². The number of amides is 1. The second-order valence-electron chi connectivity index (χ2n) is 7.57. The molecule has 0 aromatic heterocycles. The Kier molecular flexibility index (Phi) is 4.09. The normalized spacial score (nSPS) is 30.2. The lowest BCUT2D eigenvalue weighted by Crippen LogP contribution is -2.43. The van der Waals surface area contributed by atoms with Gasteiger partial charge in [-0.25, -0.2) is 8.42 Å². The molecule has 26 heavy (non-hydrogen) atoms. The Morgan fingerprint density at radius 3 is 2.35 bits per heavy atom. The maximum atomic E-state index is 13.2. The van der Waals surface area contributed by atoms with Gasteiger partial charge in [-0.2, -0.15) is 13.2 Å². The van der Waals surface area contributed by atoms with E-state index in [1.165, 1.54) is 12.1 Å². The molecule has 0 spiro atoms. The fraction of sp³-hybridized carbons (Fsp3) is 0.611. The topological polar surface area (TPSA) is 54.5 Å². The molecule has 1 aromatic carbocycles. The van der Waals surface area contributed by atoms with Gasteiger partial charge in [-0.05, 0) is 43.2 Å². The van der Waals surface area contributed by atoms with E-state index in [2.05, 4.69) is 0 Å².